The molecule has 0 aromatic heterocycles. The van der Waals surface area contributed by atoms with E-state index in [1.807, 2.05) is 32.0 Å². The third-order valence-corrected chi connectivity index (χ3v) is 6.36. The molecule has 2 rings (SSSR count). The van der Waals surface area contributed by atoms with Gasteiger partial charge in [0.15, 0.2) is 0 Å². The number of nitrogens with one attached hydrogen (secondary N) is 2. The van der Waals surface area contributed by atoms with Crippen molar-refractivity contribution in [1.29, 1.82) is 0 Å². The van der Waals surface area contributed by atoms with Gasteiger partial charge in [-0.05, 0) is 64.2 Å². The van der Waals surface area contributed by atoms with Crippen molar-refractivity contribution in [3.05, 3.63) is 47.5 Å². The van der Waals surface area contributed by atoms with Crippen LogP contribution in [0.2, 0.25) is 0 Å². The number of primary amides is 1. The van der Waals surface area contributed by atoms with E-state index >= 15 is 0 Å². The monoisotopic (exact) mass is 514 g/mol. The molecule has 1 aliphatic rings. The van der Waals surface area contributed by atoms with E-state index in [1.54, 1.807) is 20.8 Å². The molecular weight excluding hydrogens is 472 g/mol. The van der Waals surface area contributed by atoms with Crippen LogP contribution in [-0.4, -0.2) is 52.9 Å². The summed E-state index contributed by atoms with van der Waals surface area (Å²) in [5.74, 6) is -1.73. The van der Waals surface area contributed by atoms with Crippen LogP contribution in [0.5, 0.6) is 0 Å². The number of alkyl carbamates (subject to hydrolysis) is 1. The number of nitrogens with zero attached hydrogens (tertiary/aromatic N) is 1. The molecule has 0 spiro atoms. The summed E-state index contributed by atoms with van der Waals surface area (Å²) in [5.41, 5.74) is 7.25. The van der Waals surface area contributed by atoms with Crippen molar-refractivity contribution in [3.8, 4) is 0 Å². The summed E-state index contributed by atoms with van der Waals surface area (Å²) in [5, 5.41) is 5.60. The molecule has 1 saturated carbocycles. The molecule has 0 radical (unpaired) electrons. The highest BCUT2D eigenvalue weighted by Gasteiger charge is 2.37. The standard InChI is InChI=1S/C28H42N4O5/c1-7-15-32(26(35)22(17-23(29)33)31-27(36)37-28(4,5)6)24(20-14-13-18(2)19(3)16-20)25(34)30-21-11-9-8-10-12-21/h7,13-14,16,21-22,24H,1,8-12,15,17H2,2-6H3,(H2,29,33)(H,30,34)(H,31,36). The van der Waals surface area contributed by atoms with E-state index in [2.05, 4.69) is 17.2 Å². The number of ether oxygens (including phenoxy) is 1. The number of hydrogen-bond acceptors (Lipinski definition) is 5. The lowest BCUT2D eigenvalue weighted by Gasteiger charge is -2.35. The second-order valence-corrected chi connectivity index (χ2v) is 10.7. The summed E-state index contributed by atoms with van der Waals surface area (Å²) in [6.45, 7) is 12.7. The van der Waals surface area contributed by atoms with Crippen molar-refractivity contribution < 1.29 is 23.9 Å². The lowest BCUT2D eigenvalue weighted by Crippen LogP contribution is -2.54. The third kappa shape index (κ3) is 9.22. The highest BCUT2D eigenvalue weighted by atomic mass is 16.6. The number of hydrogen-bond donors (Lipinski definition) is 3. The Morgan fingerprint density at radius 3 is 2.32 bits per heavy atom. The van der Waals surface area contributed by atoms with E-state index in [0.29, 0.717) is 5.56 Å². The van der Waals surface area contributed by atoms with Crippen molar-refractivity contribution in [1.82, 2.24) is 15.5 Å². The molecule has 0 aliphatic heterocycles. The van der Waals surface area contributed by atoms with Crippen LogP contribution in [0.1, 0.15) is 82.0 Å². The largest absolute Gasteiger partial charge is 0.444 e. The quantitative estimate of drug-likeness (QED) is 0.411. The lowest BCUT2D eigenvalue weighted by atomic mass is 9.94. The van der Waals surface area contributed by atoms with E-state index < -0.39 is 42.0 Å². The summed E-state index contributed by atoms with van der Waals surface area (Å²) < 4.78 is 5.29. The van der Waals surface area contributed by atoms with Gasteiger partial charge < -0.3 is 26.0 Å². The van der Waals surface area contributed by atoms with Gasteiger partial charge in [-0.3, -0.25) is 14.4 Å². The highest BCUT2D eigenvalue weighted by Crippen LogP contribution is 2.27. The number of benzene rings is 1. The Labute approximate surface area is 220 Å². The third-order valence-electron chi connectivity index (χ3n) is 6.36. The van der Waals surface area contributed by atoms with Crippen LogP contribution in [0.15, 0.2) is 30.9 Å². The molecule has 1 aromatic rings. The van der Waals surface area contributed by atoms with Crippen molar-refractivity contribution in [2.24, 2.45) is 5.73 Å². The Bertz CT molecular complexity index is 995. The zero-order valence-electron chi connectivity index (χ0n) is 22.8. The number of rotatable bonds is 10. The first-order valence-electron chi connectivity index (χ1n) is 12.9. The Morgan fingerprint density at radius 1 is 1.14 bits per heavy atom. The maximum absolute atomic E-state index is 13.9. The van der Waals surface area contributed by atoms with Gasteiger partial charge in [0.1, 0.15) is 17.7 Å². The SMILES string of the molecule is C=CCN(C(=O)C(CC(N)=O)NC(=O)OC(C)(C)C)C(C(=O)NC1CCCCC1)c1ccc(C)c(C)c1. The van der Waals surface area contributed by atoms with Gasteiger partial charge in [0.05, 0.1) is 6.42 Å². The fraction of sp³-hybridized carbons (Fsp3) is 0.571. The fourth-order valence-corrected chi connectivity index (χ4v) is 4.45. The average Bonchev–Trinajstić information content (AvgIpc) is 2.79. The van der Waals surface area contributed by atoms with Crippen LogP contribution in [0, 0.1) is 13.8 Å². The summed E-state index contributed by atoms with van der Waals surface area (Å²) >= 11 is 0. The predicted octanol–water partition coefficient (Wildman–Crippen LogP) is 3.58. The molecule has 2 unspecified atom stereocenters. The summed E-state index contributed by atoms with van der Waals surface area (Å²) in [6, 6.07) is 3.32. The summed E-state index contributed by atoms with van der Waals surface area (Å²) in [7, 11) is 0. The Morgan fingerprint density at radius 2 is 1.78 bits per heavy atom. The first kappa shape index (κ1) is 29.9. The average molecular weight is 515 g/mol. The highest BCUT2D eigenvalue weighted by molar-refractivity contribution is 5.94. The minimum absolute atomic E-state index is 0.0137. The zero-order valence-corrected chi connectivity index (χ0v) is 22.8. The number of aryl methyl sites for hydroxylation is 2. The number of carbonyl (C=O) groups is 4. The molecule has 2 atom stereocenters. The van der Waals surface area contributed by atoms with E-state index in [9.17, 15) is 19.2 Å². The van der Waals surface area contributed by atoms with Crippen LogP contribution in [-0.2, 0) is 19.1 Å². The second-order valence-electron chi connectivity index (χ2n) is 10.7. The van der Waals surface area contributed by atoms with Gasteiger partial charge >= 0.3 is 6.09 Å². The second kappa shape index (κ2) is 13.3. The van der Waals surface area contributed by atoms with Gasteiger partial charge in [-0.1, -0.05) is 43.5 Å². The van der Waals surface area contributed by atoms with Crippen molar-refractivity contribution >= 4 is 23.8 Å². The van der Waals surface area contributed by atoms with Gasteiger partial charge in [-0.15, -0.1) is 6.58 Å². The van der Waals surface area contributed by atoms with Crippen LogP contribution < -0.4 is 16.4 Å². The fourth-order valence-electron chi connectivity index (χ4n) is 4.45. The topological polar surface area (TPSA) is 131 Å². The van der Waals surface area contributed by atoms with Crippen LogP contribution >= 0.6 is 0 Å². The van der Waals surface area contributed by atoms with E-state index in [0.717, 1.165) is 43.2 Å². The molecule has 1 fully saturated rings. The number of nitrogens with two attached hydrogens (primary N) is 1. The Kier molecular flexibility index (Phi) is 10.7. The predicted molar refractivity (Wildman–Crippen MR) is 143 cm³/mol. The van der Waals surface area contributed by atoms with Gasteiger partial charge in [0.25, 0.3) is 0 Å². The number of amides is 4. The number of carbonyl (C=O) groups excluding carboxylic acids is 4. The molecule has 4 N–H and O–H groups in total. The minimum atomic E-state index is -1.32. The van der Waals surface area contributed by atoms with Crippen molar-refractivity contribution in [2.45, 2.75) is 96.9 Å². The smallest absolute Gasteiger partial charge is 0.408 e. The molecule has 0 saturated heterocycles. The molecule has 9 nitrogen and oxygen atoms in total. The first-order chi connectivity index (χ1) is 17.3. The van der Waals surface area contributed by atoms with Crippen LogP contribution in [0.4, 0.5) is 4.79 Å². The molecule has 1 aliphatic carbocycles. The minimum Gasteiger partial charge on any atom is -0.444 e. The molecule has 37 heavy (non-hydrogen) atoms. The Balaban J connectivity index is 2.47. The van der Waals surface area contributed by atoms with E-state index in [1.165, 1.54) is 11.0 Å². The van der Waals surface area contributed by atoms with Gasteiger partial charge in [-0.25, -0.2) is 4.79 Å². The Hall–Kier alpha value is -3.36. The molecule has 4 amide bonds. The van der Waals surface area contributed by atoms with Crippen molar-refractivity contribution in [3.63, 3.8) is 0 Å². The maximum Gasteiger partial charge on any atom is 0.408 e. The van der Waals surface area contributed by atoms with Gasteiger partial charge in [0, 0.05) is 12.6 Å². The normalized spacial score (nSPS) is 15.7. The summed E-state index contributed by atoms with van der Waals surface area (Å²) in [4.78, 5) is 53.3. The summed E-state index contributed by atoms with van der Waals surface area (Å²) in [6.07, 6.45) is 5.17. The zero-order chi connectivity index (χ0) is 27.8. The molecular formula is C28H42N4O5. The maximum atomic E-state index is 13.9. The first-order valence-corrected chi connectivity index (χ1v) is 12.9. The van der Waals surface area contributed by atoms with Crippen molar-refractivity contribution in [2.75, 3.05) is 6.54 Å². The van der Waals surface area contributed by atoms with Crippen LogP contribution in [0.25, 0.3) is 0 Å². The van der Waals surface area contributed by atoms with E-state index in [-0.39, 0.29) is 18.5 Å². The molecule has 9 heteroatoms. The molecule has 0 bridgehead atoms. The lowest BCUT2D eigenvalue weighted by molar-refractivity contribution is -0.143. The van der Waals surface area contributed by atoms with Crippen LogP contribution in [0.3, 0.4) is 0 Å². The van der Waals surface area contributed by atoms with E-state index in [4.69, 9.17) is 10.5 Å². The van der Waals surface area contributed by atoms with Gasteiger partial charge in [-0.2, -0.15) is 0 Å². The molecule has 204 valence electrons. The molecule has 0 heterocycles. The van der Waals surface area contributed by atoms with Gasteiger partial charge in [0.2, 0.25) is 17.7 Å². The molecule has 1 aromatic carbocycles.